The van der Waals surface area contributed by atoms with Crippen LogP contribution in [0.4, 0.5) is 4.39 Å². The lowest BCUT2D eigenvalue weighted by molar-refractivity contribution is 0.628. The summed E-state index contributed by atoms with van der Waals surface area (Å²) in [6.45, 7) is 2.04. The molecular weight excluding hydrogens is 215 g/mol. The minimum absolute atomic E-state index is 0.231. The van der Waals surface area contributed by atoms with Gasteiger partial charge in [-0.15, -0.1) is 0 Å². The summed E-state index contributed by atoms with van der Waals surface area (Å²) in [4.78, 5) is 4.38. The first-order valence-corrected chi connectivity index (χ1v) is 5.44. The Bertz CT molecular complexity index is 668. The van der Waals surface area contributed by atoms with Gasteiger partial charge in [-0.05, 0) is 42.8 Å². The second kappa shape index (κ2) is 3.70. The van der Waals surface area contributed by atoms with E-state index in [1.165, 1.54) is 17.7 Å². The monoisotopic (exact) mass is 226 g/mol. The van der Waals surface area contributed by atoms with Crippen LogP contribution in [0.5, 0.6) is 0 Å². The predicted octanol–water partition coefficient (Wildman–Crippen LogP) is 3.45. The Hall–Kier alpha value is -2.16. The van der Waals surface area contributed by atoms with E-state index < -0.39 is 0 Å². The van der Waals surface area contributed by atoms with Crippen molar-refractivity contribution in [2.45, 2.75) is 6.92 Å². The third kappa shape index (κ3) is 1.69. The highest BCUT2D eigenvalue weighted by Gasteiger charge is 2.06. The number of rotatable bonds is 1. The standard InChI is InChI=1S/C14H11FN2/c1-10-2-7-13-8-16-14(17(13)9-10)11-3-5-12(15)6-4-11/h2-9H,1H3. The molecular formula is C14H11FN2. The smallest absolute Gasteiger partial charge is 0.144 e. The normalized spacial score (nSPS) is 10.9. The molecule has 0 atom stereocenters. The molecule has 2 nitrogen and oxygen atoms in total. The average molecular weight is 226 g/mol. The van der Waals surface area contributed by atoms with Gasteiger partial charge < -0.3 is 0 Å². The largest absolute Gasteiger partial charge is 0.300 e. The number of pyridine rings is 1. The highest BCUT2D eigenvalue weighted by Crippen LogP contribution is 2.20. The number of hydrogen-bond donors (Lipinski definition) is 0. The fraction of sp³-hybridized carbons (Fsp3) is 0.0714. The summed E-state index contributed by atoms with van der Waals surface area (Å²) >= 11 is 0. The van der Waals surface area contributed by atoms with Gasteiger partial charge in [0.1, 0.15) is 11.6 Å². The van der Waals surface area contributed by atoms with Crippen molar-refractivity contribution >= 4 is 5.52 Å². The van der Waals surface area contributed by atoms with Gasteiger partial charge in [-0.1, -0.05) is 6.07 Å². The summed E-state index contributed by atoms with van der Waals surface area (Å²) in [7, 11) is 0. The lowest BCUT2D eigenvalue weighted by atomic mass is 10.2. The van der Waals surface area contributed by atoms with Gasteiger partial charge in [0.05, 0.1) is 11.7 Å². The molecule has 3 heteroatoms. The van der Waals surface area contributed by atoms with Crippen LogP contribution in [0, 0.1) is 12.7 Å². The Labute approximate surface area is 98.4 Å². The highest BCUT2D eigenvalue weighted by atomic mass is 19.1. The number of imidazole rings is 1. The predicted molar refractivity (Wildman–Crippen MR) is 65.3 cm³/mol. The van der Waals surface area contributed by atoms with Crippen LogP contribution in [0.2, 0.25) is 0 Å². The SMILES string of the molecule is Cc1ccc2cnc(-c3ccc(F)cc3)n2c1. The maximum Gasteiger partial charge on any atom is 0.144 e. The summed E-state index contributed by atoms with van der Waals surface area (Å²) in [6.07, 6.45) is 3.85. The molecule has 0 aliphatic rings. The minimum atomic E-state index is -0.231. The zero-order chi connectivity index (χ0) is 11.8. The Morgan fingerprint density at radius 3 is 2.59 bits per heavy atom. The number of fused-ring (bicyclic) bond motifs is 1. The van der Waals surface area contributed by atoms with E-state index >= 15 is 0 Å². The molecule has 2 aromatic heterocycles. The number of halogens is 1. The number of benzene rings is 1. The van der Waals surface area contributed by atoms with Crippen molar-refractivity contribution in [2.24, 2.45) is 0 Å². The molecule has 0 saturated heterocycles. The second-order valence-electron chi connectivity index (χ2n) is 4.09. The molecule has 0 bridgehead atoms. The van der Waals surface area contributed by atoms with Gasteiger partial charge in [0.15, 0.2) is 0 Å². The van der Waals surface area contributed by atoms with E-state index in [0.717, 1.165) is 16.9 Å². The number of nitrogens with zero attached hydrogens (tertiary/aromatic N) is 2. The third-order valence-electron chi connectivity index (χ3n) is 2.78. The van der Waals surface area contributed by atoms with Crippen LogP contribution < -0.4 is 0 Å². The molecule has 0 aliphatic heterocycles. The molecule has 0 fully saturated rings. The van der Waals surface area contributed by atoms with Gasteiger partial charge in [-0.25, -0.2) is 9.37 Å². The molecule has 0 N–H and O–H groups in total. The van der Waals surface area contributed by atoms with Gasteiger partial charge in [0.2, 0.25) is 0 Å². The van der Waals surface area contributed by atoms with Crippen molar-refractivity contribution in [2.75, 3.05) is 0 Å². The molecule has 84 valence electrons. The Morgan fingerprint density at radius 1 is 1.06 bits per heavy atom. The lowest BCUT2D eigenvalue weighted by Gasteiger charge is -2.02. The summed E-state index contributed by atoms with van der Waals surface area (Å²) in [6, 6.07) is 10.5. The van der Waals surface area contributed by atoms with Crippen molar-refractivity contribution < 1.29 is 4.39 Å². The zero-order valence-corrected chi connectivity index (χ0v) is 9.39. The molecule has 1 aromatic carbocycles. The molecule has 2 heterocycles. The van der Waals surface area contributed by atoms with Crippen molar-refractivity contribution in [3.8, 4) is 11.4 Å². The van der Waals surface area contributed by atoms with Crippen molar-refractivity contribution in [1.82, 2.24) is 9.38 Å². The number of hydrogen-bond acceptors (Lipinski definition) is 1. The van der Waals surface area contributed by atoms with Crippen molar-refractivity contribution in [3.63, 3.8) is 0 Å². The fourth-order valence-electron chi connectivity index (χ4n) is 1.91. The topological polar surface area (TPSA) is 17.3 Å². The van der Waals surface area contributed by atoms with E-state index in [9.17, 15) is 4.39 Å². The van der Waals surface area contributed by atoms with Crippen LogP contribution in [-0.4, -0.2) is 9.38 Å². The molecule has 3 rings (SSSR count). The summed E-state index contributed by atoms with van der Waals surface area (Å²) in [5.74, 6) is 0.606. The van der Waals surface area contributed by atoms with Crippen molar-refractivity contribution in [1.29, 1.82) is 0 Å². The maximum absolute atomic E-state index is 12.9. The van der Waals surface area contributed by atoms with Gasteiger partial charge in [-0.3, -0.25) is 4.40 Å². The van der Waals surface area contributed by atoms with E-state index in [1.807, 2.05) is 35.9 Å². The number of aryl methyl sites for hydroxylation is 1. The lowest BCUT2D eigenvalue weighted by Crippen LogP contribution is -1.90. The summed E-state index contributed by atoms with van der Waals surface area (Å²) in [5, 5.41) is 0. The van der Waals surface area contributed by atoms with Gasteiger partial charge >= 0.3 is 0 Å². The molecule has 0 aliphatic carbocycles. The van der Waals surface area contributed by atoms with Gasteiger partial charge in [0, 0.05) is 11.8 Å². The van der Waals surface area contributed by atoms with Crippen molar-refractivity contribution in [3.05, 3.63) is 60.2 Å². The van der Waals surface area contributed by atoms with E-state index in [2.05, 4.69) is 4.98 Å². The highest BCUT2D eigenvalue weighted by molar-refractivity contribution is 5.62. The average Bonchev–Trinajstić information content (AvgIpc) is 2.73. The van der Waals surface area contributed by atoms with Crippen LogP contribution in [0.1, 0.15) is 5.56 Å². The van der Waals surface area contributed by atoms with Gasteiger partial charge in [-0.2, -0.15) is 0 Å². The van der Waals surface area contributed by atoms with Gasteiger partial charge in [0.25, 0.3) is 0 Å². The molecule has 0 spiro atoms. The van der Waals surface area contributed by atoms with E-state index in [4.69, 9.17) is 0 Å². The Balaban J connectivity index is 2.23. The Morgan fingerprint density at radius 2 is 1.82 bits per heavy atom. The van der Waals surface area contributed by atoms with Crippen LogP contribution in [0.15, 0.2) is 48.8 Å². The molecule has 17 heavy (non-hydrogen) atoms. The molecule has 0 unspecified atom stereocenters. The van der Waals surface area contributed by atoms with Crippen LogP contribution in [-0.2, 0) is 0 Å². The minimum Gasteiger partial charge on any atom is -0.300 e. The zero-order valence-electron chi connectivity index (χ0n) is 9.39. The van der Waals surface area contributed by atoms with E-state index in [0.29, 0.717) is 0 Å². The third-order valence-corrected chi connectivity index (χ3v) is 2.78. The summed E-state index contributed by atoms with van der Waals surface area (Å²) < 4.78 is 14.9. The molecule has 0 saturated carbocycles. The Kier molecular flexibility index (Phi) is 2.18. The van der Waals surface area contributed by atoms with E-state index in [1.54, 1.807) is 12.1 Å². The fourth-order valence-corrected chi connectivity index (χ4v) is 1.91. The van der Waals surface area contributed by atoms with E-state index in [-0.39, 0.29) is 5.82 Å². The first-order valence-electron chi connectivity index (χ1n) is 5.44. The number of aromatic nitrogens is 2. The van der Waals surface area contributed by atoms with Crippen LogP contribution in [0.25, 0.3) is 16.9 Å². The second-order valence-corrected chi connectivity index (χ2v) is 4.09. The molecule has 3 aromatic rings. The first-order chi connectivity index (χ1) is 8.24. The first kappa shape index (κ1) is 10.0. The quantitative estimate of drug-likeness (QED) is 0.621. The maximum atomic E-state index is 12.9. The van der Waals surface area contributed by atoms with Crippen LogP contribution >= 0.6 is 0 Å². The molecule has 0 radical (unpaired) electrons. The van der Waals surface area contributed by atoms with Crippen LogP contribution in [0.3, 0.4) is 0 Å². The summed E-state index contributed by atoms with van der Waals surface area (Å²) in [5.41, 5.74) is 3.12. The molecule has 0 amide bonds.